The number of rotatable bonds is 5. The number of benzene rings is 1. The molecule has 1 aromatic carbocycles. The quantitative estimate of drug-likeness (QED) is 0.651. The van der Waals surface area contributed by atoms with Crippen molar-refractivity contribution in [3.8, 4) is 0 Å². The van der Waals surface area contributed by atoms with Gasteiger partial charge < -0.3 is 15.8 Å². The summed E-state index contributed by atoms with van der Waals surface area (Å²) in [6, 6.07) is 7.31. The third-order valence-electron chi connectivity index (χ3n) is 2.98. The number of nitrogens with one attached hydrogen (secondary N) is 1. The topological polar surface area (TPSA) is 64.3 Å². The van der Waals surface area contributed by atoms with Crippen molar-refractivity contribution in [2.75, 3.05) is 17.7 Å². The maximum absolute atomic E-state index is 11.7. The van der Waals surface area contributed by atoms with E-state index in [0.717, 1.165) is 5.69 Å². The lowest BCUT2D eigenvalue weighted by Gasteiger charge is -2.16. The van der Waals surface area contributed by atoms with E-state index in [2.05, 4.69) is 23.7 Å². The molecule has 0 radical (unpaired) electrons. The van der Waals surface area contributed by atoms with Gasteiger partial charge in [0.1, 0.15) is 0 Å². The summed E-state index contributed by atoms with van der Waals surface area (Å²) in [7, 11) is 0. The molecular weight excluding hydrogens is 272 g/mol. The second-order valence-electron chi connectivity index (χ2n) is 4.45. The Bertz CT molecular complexity index is 582. The molecule has 0 aliphatic carbocycles. The van der Waals surface area contributed by atoms with E-state index in [1.807, 2.05) is 5.38 Å². The number of nitrogen functional groups attached to an aromatic ring is 1. The Morgan fingerprint density at radius 1 is 1.45 bits per heavy atom. The van der Waals surface area contributed by atoms with Crippen molar-refractivity contribution in [1.82, 2.24) is 0 Å². The van der Waals surface area contributed by atoms with Crippen molar-refractivity contribution in [3.63, 3.8) is 0 Å². The first-order valence-electron chi connectivity index (χ1n) is 6.47. The molecule has 0 spiro atoms. The number of hydrogen-bond donors (Lipinski definition) is 2. The lowest BCUT2D eigenvalue weighted by molar-refractivity contribution is 0.0526. The molecule has 0 bridgehead atoms. The smallest absolute Gasteiger partial charge is 0.338 e. The summed E-state index contributed by atoms with van der Waals surface area (Å²) in [6.45, 7) is 4.20. The molecule has 1 heterocycles. The van der Waals surface area contributed by atoms with Crippen LogP contribution in [0.15, 0.2) is 35.0 Å². The molecule has 1 unspecified atom stereocenters. The van der Waals surface area contributed by atoms with Gasteiger partial charge in [0.25, 0.3) is 0 Å². The minimum Gasteiger partial charge on any atom is -0.462 e. The lowest BCUT2D eigenvalue weighted by Crippen LogP contribution is -2.10. The zero-order chi connectivity index (χ0) is 14.5. The average Bonchev–Trinajstić information content (AvgIpc) is 2.95. The summed E-state index contributed by atoms with van der Waals surface area (Å²) in [6.07, 6.45) is 0. The van der Waals surface area contributed by atoms with Crippen LogP contribution in [0.1, 0.15) is 35.8 Å². The van der Waals surface area contributed by atoms with Crippen molar-refractivity contribution in [2.45, 2.75) is 19.9 Å². The monoisotopic (exact) mass is 290 g/mol. The second-order valence-corrected chi connectivity index (χ2v) is 5.23. The van der Waals surface area contributed by atoms with E-state index in [4.69, 9.17) is 10.5 Å². The van der Waals surface area contributed by atoms with Crippen LogP contribution in [-0.2, 0) is 4.74 Å². The largest absolute Gasteiger partial charge is 0.462 e. The Kier molecular flexibility index (Phi) is 4.63. The van der Waals surface area contributed by atoms with Crippen molar-refractivity contribution in [1.29, 1.82) is 0 Å². The number of ether oxygens (including phenoxy) is 1. The van der Waals surface area contributed by atoms with E-state index in [1.54, 1.807) is 36.5 Å². The molecule has 4 nitrogen and oxygen atoms in total. The van der Waals surface area contributed by atoms with E-state index < -0.39 is 0 Å². The number of carbonyl (C=O) groups is 1. The van der Waals surface area contributed by atoms with Gasteiger partial charge in [0.05, 0.1) is 23.5 Å². The Hall–Kier alpha value is -2.01. The SMILES string of the molecule is CCOC(=O)c1ccc(N)c(NC(C)c2ccsc2)c1. The van der Waals surface area contributed by atoms with Crippen LogP contribution in [0.3, 0.4) is 0 Å². The summed E-state index contributed by atoms with van der Waals surface area (Å²) >= 11 is 1.65. The number of esters is 1. The number of nitrogens with two attached hydrogens (primary N) is 1. The van der Waals surface area contributed by atoms with E-state index >= 15 is 0 Å². The molecule has 1 aromatic heterocycles. The molecule has 0 fully saturated rings. The van der Waals surface area contributed by atoms with Crippen molar-refractivity contribution >= 4 is 28.7 Å². The minimum absolute atomic E-state index is 0.126. The van der Waals surface area contributed by atoms with Gasteiger partial charge in [0, 0.05) is 6.04 Å². The number of anilines is 2. The normalized spacial score (nSPS) is 11.9. The summed E-state index contributed by atoms with van der Waals surface area (Å²) in [4.78, 5) is 11.7. The fraction of sp³-hybridized carbons (Fsp3) is 0.267. The van der Waals surface area contributed by atoms with E-state index in [-0.39, 0.29) is 12.0 Å². The van der Waals surface area contributed by atoms with Crippen LogP contribution in [0.25, 0.3) is 0 Å². The van der Waals surface area contributed by atoms with Gasteiger partial charge in [-0.3, -0.25) is 0 Å². The highest BCUT2D eigenvalue weighted by atomic mass is 32.1. The van der Waals surface area contributed by atoms with Gasteiger partial charge in [-0.1, -0.05) is 0 Å². The highest BCUT2D eigenvalue weighted by Crippen LogP contribution is 2.26. The van der Waals surface area contributed by atoms with Crippen molar-refractivity contribution in [2.24, 2.45) is 0 Å². The molecule has 0 aliphatic heterocycles. The Labute approximate surface area is 122 Å². The van der Waals surface area contributed by atoms with Gasteiger partial charge in [0.15, 0.2) is 0 Å². The molecule has 2 rings (SSSR count). The van der Waals surface area contributed by atoms with Crippen LogP contribution < -0.4 is 11.1 Å². The molecule has 20 heavy (non-hydrogen) atoms. The van der Waals surface area contributed by atoms with Crippen molar-refractivity contribution < 1.29 is 9.53 Å². The number of carbonyl (C=O) groups excluding carboxylic acids is 1. The maximum atomic E-state index is 11.7. The van der Waals surface area contributed by atoms with E-state index in [0.29, 0.717) is 17.9 Å². The highest BCUT2D eigenvalue weighted by molar-refractivity contribution is 7.08. The first-order valence-corrected chi connectivity index (χ1v) is 7.41. The van der Waals surface area contributed by atoms with E-state index in [9.17, 15) is 4.79 Å². The van der Waals surface area contributed by atoms with Crippen LogP contribution in [-0.4, -0.2) is 12.6 Å². The summed E-state index contributed by atoms with van der Waals surface area (Å²) in [5, 5.41) is 7.44. The van der Waals surface area contributed by atoms with Gasteiger partial charge in [0.2, 0.25) is 0 Å². The third-order valence-corrected chi connectivity index (χ3v) is 3.68. The van der Waals surface area contributed by atoms with Crippen LogP contribution in [0.4, 0.5) is 11.4 Å². The maximum Gasteiger partial charge on any atom is 0.338 e. The first kappa shape index (κ1) is 14.4. The predicted octanol–water partition coefficient (Wildman–Crippen LogP) is 3.68. The van der Waals surface area contributed by atoms with Crippen molar-refractivity contribution in [3.05, 3.63) is 46.2 Å². The highest BCUT2D eigenvalue weighted by Gasteiger charge is 2.12. The summed E-state index contributed by atoms with van der Waals surface area (Å²) < 4.78 is 4.99. The zero-order valence-corrected chi connectivity index (χ0v) is 12.4. The molecule has 2 aromatic rings. The van der Waals surface area contributed by atoms with Crippen LogP contribution in [0.5, 0.6) is 0 Å². The van der Waals surface area contributed by atoms with Crippen LogP contribution in [0, 0.1) is 0 Å². The molecule has 1 atom stereocenters. The molecule has 3 N–H and O–H groups in total. The van der Waals surface area contributed by atoms with Gasteiger partial charge in [-0.2, -0.15) is 11.3 Å². The Morgan fingerprint density at radius 2 is 2.25 bits per heavy atom. The second kappa shape index (κ2) is 6.43. The average molecular weight is 290 g/mol. The molecular formula is C15H18N2O2S. The minimum atomic E-state index is -0.335. The fourth-order valence-electron chi connectivity index (χ4n) is 1.86. The van der Waals surface area contributed by atoms with Gasteiger partial charge in [-0.05, 0) is 54.4 Å². The molecule has 0 saturated carbocycles. The summed E-state index contributed by atoms with van der Waals surface area (Å²) in [5.74, 6) is -0.335. The molecule has 5 heteroatoms. The molecule has 0 saturated heterocycles. The van der Waals surface area contributed by atoms with Gasteiger partial charge in [-0.15, -0.1) is 0 Å². The first-order chi connectivity index (χ1) is 9.61. The summed E-state index contributed by atoms with van der Waals surface area (Å²) in [5.41, 5.74) is 9.00. The fourth-order valence-corrected chi connectivity index (χ4v) is 2.61. The van der Waals surface area contributed by atoms with E-state index in [1.165, 1.54) is 5.56 Å². The third kappa shape index (κ3) is 3.30. The van der Waals surface area contributed by atoms with Gasteiger partial charge >= 0.3 is 5.97 Å². The molecule has 106 valence electrons. The standard InChI is InChI=1S/C15H18N2O2S/c1-3-19-15(18)11-4-5-13(16)14(8-11)17-10(2)12-6-7-20-9-12/h4-10,17H,3,16H2,1-2H3. The number of thiophene rings is 1. The zero-order valence-electron chi connectivity index (χ0n) is 11.6. The lowest BCUT2D eigenvalue weighted by atomic mass is 10.1. The van der Waals surface area contributed by atoms with Gasteiger partial charge in [-0.25, -0.2) is 4.79 Å². The molecule has 0 aliphatic rings. The molecule has 0 amide bonds. The Balaban J connectivity index is 2.18. The number of hydrogen-bond acceptors (Lipinski definition) is 5. The Morgan fingerprint density at radius 3 is 2.90 bits per heavy atom. The predicted molar refractivity (Wildman–Crippen MR) is 83.2 cm³/mol. The van der Waals surface area contributed by atoms with Crippen LogP contribution >= 0.6 is 11.3 Å². The van der Waals surface area contributed by atoms with Crippen LogP contribution in [0.2, 0.25) is 0 Å².